The number of hydrogen-bond acceptors (Lipinski definition) is 3. The first-order valence-corrected chi connectivity index (χ1v) is 6.97. The van der Waals surface area contributed by atoms with Crippen molar-refractivity contribution in [3.05, 3.63) is 60.2 Å². The Morgan fingerprint density at radius 3 is 2.50 bits per heavy atom. The second kappa shape index (κ2) is 5.89. The van der Waals surface area contributed by atoms with Gasteiger partial charge in [-0.2, -0.15) is 0 Å². The van der Waals surface area contributed by atoms with Crippen LogP contribution in [-0.2, 0) is 9.59 Å². The van der Waals surface area contributed by atoms with E-state index in [0.29, 0.717) is 17.0 Å². The van der Waals surface area contributed by atoms with E-state index in [1.807, 2.05) is 18.2 Å². The summed E-state index contributed by atoms with van der Waals surface area (Å²) in [5.74, 6) is -1.25. The molecule has 0 radical (unpaired) electrons. The van der Waals surface area contributed by atoms with E-state index in [9.17, 15) is 14.7 Å². The minimum Gasteiger partial charge on any atom is -0.484 e. The van der Waals surface area contributed by atoms with Crippen molar-refractivity contribution >= 4 is 17.6 Å². The number of anilines is 1. The zero-order valence-corrected chi connectivity index (χ0v) is 11.8. The Bertz CT molecular complexity index is 699. The van der Waals surface area contributed by atoms with Crippen molar-refractivity contribution < 1.29 is 19.4 Å². The fourth-order valence-corrected chi connectivity index (χ4v) is 2.59. The smallest absolute Gasteiger partial charge is 0.312 e. The van der Waals surface area contributed by atoms with Crippen LogP contribution in [0, 0.1) is 0 Å². The summed E-state index contributed by atoms with van der Waals surface area (Å²) in [6.45, 7) is 0.0242. The van der Waals surface area contributed by atoms with Crippen molar-refractivity contribution in [3.63, 3.8) is 0 Å². The highest BCUT2D eigenvalue weighted by molar-refractivity contribution is 5.99. The van der Waals surface area contributed by atoms with Crippen LogP contribution in [0.4, 0.5) is 5.69 Å². The maximum absolute atomic E-state index is 12.4. The maximum Gasteiger partial charge on any atom is 0.312 e. The van der Waals surface area contributed by atoms with Gasteiger partial charge in [-0.1, -0.05) is 36.4 Å². The summed E-state index contributed by atoms with van der Waals surface area (Å²) >= 11 is 0. The molecule has 2 aromatic carbocycles. The number of aliphatic carboxylic acids is 1. The predicted octanol–water partition coefficient (Wildman–Crippen LogP) is 2.28. The lowest BCUT2D eigenvalue weighted by molar-refractivity contribution is -0.138. The lowest BCUT2D eigenvalue weighted by atomic mass is 10.0. The van der Waals surface area contributed by atoms with Crippen LogP contribution in [0.5, 0.6) is 5.75 Å². The van der Waals surface area contributed by atoms with Crippen LogP contribution in [0.15, 0.2) is 54.6 Å². The Morgan fingerprint density at radius 1 is 1.09 bits per heavy atom. The number of carboxylic acids is 1. The number of hydrogen-bond donors (Lipinski definition) is 1. The van der Waals surface area contributed by atoms with Crippen molar-refractivity contribution in [2.24, 2.45) is 0 Å². The summed E-state index contributed by atoms with van der Waals surface area (Å²) < 4.78 is 5.45. The molecule has 1 unspecified atom stereocenters. The SMILES string of the molecule is O=C(O)C1CN(C(=O)COc2ccccc2)c2ccccc21. The van der Waals surface area contributed by atoms with Gasteiger partial charge in [0.25, 0.3) is 5.91 Å². The van der Waals surface area contributed by atoms with E-state index < -0.39 is 11.9 Å². The largest absolute Gasteiger partial charge is 0.484 e. The number of amides is 1. The molecule has 1 amide bonds. The third kappa shape index (κ3) is 2.65. The van der Waals surface area contributed by atoms with Crippen molar-refractivity contribution in [2.75, 3.05) is 18.1 Å². The average molecular weight is 297 g/mol. The van der Waals surface area contributed by atoms with E-state index in [0.717, 1.165) is 0 Å². The van der Waals surface area contributed by atoms with Gasteiger partial charge < -0.3 is 14.7 Å². The molecule has 2 aromatic rings. The molecule has 1 N–H and O–H groups in total. The van der Waals surface area contributed by atoms with Crippen LogP contribution in [0.25, 0.3) is 0 Å². The highest BCUT2D eigenvalue weighted by Gasteiger charge is 2.36. The lowest BCUT2D eigenvalue weighted by Gasteiger charge is -2.17. The predicted molar refractivity (Wildman–Crippen MR) is 81.1 cm³/mol. The second-order valence-corrected chi connectivity index (χ2v) is 5.06. The Labute approximate surface area is 127 Å². The molecule has 0 aliphatic carbocycles. The molecule has 0 saturated heterocycles. The molecule has 5 nitrogen and oxygen atoms in total. The van der Waals surface area contributed by atoms with E-state index >= 15 is 0 Å². The third-order valence-electron chi connectivity index (χ3n) is 3.67. The van der Waals surface area contributed by atoms with Crippen LogP contribution in [0.3, 0.4) is 0 Å². The number of rotatable bonds is 4. The molecule has 1 aliphatic heterocycles. The van der Waals surface area contributed by atoms with Gasteiger partial charge in [0.1, 0.15) is 11.7 Å². The van der Waals surface area contributed by atoms with Crippen LogP contribution in [0.2, 0.25) is 0 Å². The number of fused-ring (bicyclic) bond motifs is 1. The van der Waals surface area contributed by atoms with Gasteiger partial charge in [-0.3, -0.25) is 9.59 Å². The first kappa shape index (κ1) is 14.1. The molecule has 22 heavy (non-hydrogen) atoms. The van der Waals surface area contributed by atoms with E-state index in [-0.39, 0.29) is 19.1 Å². The zero-order valence-electron chi connectivity index (χ0n) is 11.8. The van der Waals surface area contributed by atoms with Crippen LogP contribution >= 0.6 is 0 Å². The van der Waals surface area contributed by atoms with Gasteiger partial charge >= 0.3 is 5.97 Å². The fourth-order valence-electron chi connectivity index (χ4n) is 2.59. The summed E-state index contributed by atoms with van der Waals surface area (Å²) in [7, 11) is 0. The minimum atomic E-state index is -0.924. The molecule has 0 saturated carbocycles. The normalized spacial score (nSPS) is 16.2. The van der Waals surface area contributed by atoms with Crippen LogP contribution in [0.1, 0.15) is 11.5 Å². The van der Waals surface area contributed by atoms with Gasteiger partial charge in [0.05, 0.1) is 0 Å². The number of benzene rings is 2. The van der Waals surface area contributed by atoms with E-state index in [1.54, 1.807) is 36.4 Å². The summed E-state index contributed by atoms with van der Waals surface area (Å²) in [6.07, 6.45) is 0. The molecule has 5 heteroatoms. The zero-order chi connectivity index (χ0) is 15.5. The average Bonchev–Trinajstić information content (AvgIpc) is 2.93. The van der Waals surface area contributed by atoms with Crippen LogP contribution < -0.4 is 9.64 Å². The number of carbonyl (C=O) groups excluding carboxylic acids is 1. The Morgan fingerprint density at radius 2 is 1.77 bits per heavy atom. The summed E-state index contributed by atoms with van der Waals surface area (Å²) in [4.78, 5) is 25.2. The van der Waals surface area contributed by atoms with Gasteiger partial charge in [-0.05, 0) is 23.8 Å². The summed E-state index contributed by atoms with van der Waals surface area (Å²) in [6, 6.07) is 16.1. The monoisotopic (exact) mass is 297 g/mol. The molecular weight excluding hydrogens is 282 g/mol. The number of nitrogens with zero attached hydrogens (tertiary/aromatic N) is 1. The Balaban J connectivity index is 1.75. The van der Waals surface area contributed by atoms with E-state index in [4.69, 9.17) is 4.74 Å². The van der Waals surface area contributed by atoms with Crippen LogP contribution in [-0.4, -0.2) is 30.1 Å². The van der Waals surface area contributed by atoms with Gasteiger partial charge in [0.2, 0.25) is 0 Å². The Hall–Kier alpha value is -2.82. The number of carbonyl (C=O) groups is 2. The summed E-state index contributed by atoms with van der Waals surface area (Å²) in [5.41, 5.74) is 1.32. The number of ether oxygens (including phenoxy) is 1. The topological polar surface area (TPSA) is 66.8 Å². The minimum absolute atomic E-state index is 0.120. The molecule has 0 fully saturated rings. The fraction of sp³-hybridized carbons (Fsp3) is 0.176. The number of para-hydroxylation sites is 2. The molecule has 3 rings (SSSR count). The van der Waals surface area contributed by atoms with Gasteiger partial charge in [0.15, 0.2) is 6.61 Å². The molecular formula is C17H15NO4. The Kier molecular flexibility index (Phi) is 3.78. The van der Waals surface area contributed by atoms with Crippen molar-refractivity contribution in [1.29, 1.82) is 0 Å². The standard InChI is InChI=1S/C17H15NO4/c19-16(11-22-12-6-2-1-3-7-12)18-10-14(17(20)21)13-8-4-5-9-15(13)18/h1-9,14H,10-11H2,(H,20,21). The highest BCUT2D eigenvalue weighted by Crippen LogP contribution is 2.36. The molecule has 0 spiro atoms. The van der Waals surface area contributed by atoms with Gasteiger partial charge in [-0.15, -0.1) is 0 Å². The van der Waals surface area contributed by atoms with Gasteiger partial charge in [0, 0.05) is 12.2 Å². The second-order valence-electron chi connectivity index (χ2n) is 5.06. The van der Waals surface area contributed by atoms with Crippen molar-refractivity contribution in [3.8, 4) is 5.75 Å². The third-order valence-corrected chi connectivity index (χ3v) is 3.67. The first-order chi connectivity index (χ1) is 10.7. The quantitative estimate of drug-likeness (QED) is 0.940. The van der Waals surface area contributed by atoms with E-state index in [1.165, 1.54) is 4.90 Å². The first-order valence-electron chi connectivity index (χ1n) is 6.97. The van der Waals surface area contributed by atoms with Gasteiger partial charge in [-0.25, -0.2) is 0 Å². The molecule has 1 atom stereocenters. The highest BCUT2D eigenvalue weighted by atomic mass is 16.5. The van der Waals surface area contributed by atoms with Crippen molar-refractivity contribution in [1.82, 2.24) is 0 Å². The van der Waals surface area contributed by atoms with Crippen molar-refractivity contribution in [2.45, 2.75) is 5.92 Å². The summed E-state index contributed by atoms with van der Waals surface area (Å²) in [5, 5.41) is 9.30. The molecule has 0 aromatic heterocycles. The molecule has 1 aliphatic rings. The molecule has 112 valence electrons. The lowest BCUT2D eigenvalue weighted by Crippen LogP contribution is -2.35. The van der Waals surface area contributed by atoms with E-state index in [2.05, 4.69) is 0 Å². The maximum atomic E-state index is 12.4. The molecule has 1 heterocycles. The number of carboxylic acid groups (broad SMARTS) is 1. The molecule has 0 bridgehead atoms.